The van der Waals surface area contributed by atoms with Gasteiger partial charge in [0.05, 0.1) is 19.1 Å². The molecule has 1 unspecified atom stereocenters. The minimum Gasteiger partial charge on any atom is -0.348 e. The number of hydrogen-bond acceptors (Lipinski definition) is 4. The second-order valence-corrected chi connectivity index (χ2v) is 4.62. The molecule has 0 saturated carbocycles. The first kappa shape index (κ1) is 17.5. The quantitative estimate of drug-likeness (QED) is 0.889. The minimum atomic E-state index is -2.77. The molecule has 18 heavy (non-hydrogen) atoms. The average molecular weight is 320 g/mol. The van der Waals surface area contributed by atoms with E-state index in [0.29, 0.717) is 6.54 Å². The van der Waals surface area contributed by atoms with Crippen LogP contribution in [0.2, 0.25) is 0 Å². The molecule has 1 amide bonds. The van der Waals surface area contributed by atoms with Crippen LogP contribution in [0.15, 0.2) is 11.6 Å². The van der Waals surface area contributed by atoms with E-state index >= 15 is 0 Å². The third-order valence-electron chi connectivity index (χ3n) is 2.32. The monoisotopic (exact) mass is 319 g/mol. The van der Waals surface area contributed by atoms with E-state index in [2.05, 4.69) is 15.6 Å². The number of carbonyl (C=O) groups is 1. The van der Waals surface area contributed by atoms with Gasteiger partial charge in [0, 0.05) is 18.0 Å². The lowest BCUT2D eigenvalue weighted by Crippen LogP contribution is -2.39. The van der Waals surface area contributed by atoms with Crippen LogP contribution in [-0.2, 0) is 11.3 Å². The molecule has 0 bridgehead atoms. The predicted molar refractivity (Wildman–Crippen MR) is 69.8 cm³/mol. The largest absolute Gasteiger partial charge is 0.348 e. The Morgan fingerprint density at radius 1 is 1.61 bits per heavy atom. The maximum Gasteiger partial charge on any atom is 0.262 e. The zero-order chi connectivity index (χ0) is 11.6. The van der Waals surface area contributed by atoms with Crippen molar-refractivity contribution >= 4 is 42.1 Å². The minimum absolute atomic E-state index is 0. The summed E-state index contributed by atoms with van der Waals surface area (Å²) in [5.74, 6) is -3.17. The standard InChI is InChI=1S/C9H11F2N3OS.2ClH/c10-9(11)3-6(14-5-9)8(15)13-4-7-12-1-2-16-7;;/h1-2,6,14H,3-5H2,(H,13,15);2*1H. The van der Waals surface area contributed by atoms with Crippen molar-refractivity contribution < 1.29 is 13.6 Å². The Balaban J connectivity index is 0.00000144. The van der Waals surface area contributed by atoms with Crippen LogP contribution < -0.4 is 10.6 Å². The van der Waals surface area contributed by atoms with Gasteiger partial charge in [-0.15, -0.1) is 36.2 Å². The third-order valence-corrected chi connectivity index (χ3v) is 3.10. The lowest BCUT2D eigenvalue weighted by atomic mass is 10.2. The van der Waals surface area contributed by atoms with Crippen molar-refractivity contribution in [1.29, 1.82) is 0 Å². The molecule has 1 saturated heterocycles. The zero-order valence-electron chi connectivity index (χ0n) is 9.19. The third kappa shape index (κ3) is 4.64. The first-order chi connectivity index (χ1) is 7.57. The summed E-state index contributed by atoms with van der Waals surface area (Å²) in [5.41, 5.74) is 0. The highest BCUT2D eigenvalue weighted by molar-refractivity contribution is 7.09. The van der Waals surface area contributed by atoms with E-state index in [-0.39, 0.29) is 24.8 Å². The van der Waals surface area contributed by atoms with Crippen LogP contribution in [0.25, 0.3) is 0 Å². The molecule has 1 atom stereocenters. The van der Waals surface area contributed by atoms with Crippen LogP contribution in [0.1, 0.15) is 11.4 Å². The number of rotatable bonds is 3. The highest BCUT2D eigenvalue weighted by Crippen LogP contribution is 2.25. The van der Waals surface area contributed by atoms with Crippen molar-refractivity contribution in [3.8, 4) is 0 Å². The Labute approximate surface area is 119 Å². The normalized spacial score (nSPS) is 20.7. The first-order valence-electron chi connectivity index (χ1n) is 4.84. The van der Waals surface area contributed by atoms with Gasteiger partial charge in [-0.2, -0.15) is 0 Å². The maximum absolute atomic E-state index is 12.8. The molecular formula is C9H13Cl2F2N3OS. The van der Waals surface area contributed by atoms with Gasteiger partial charge in [0.1, 0.15) is 5.01 Å². The van der Waals surface area contributed by atoms with Crippen molar-refractivity contribution in [2.45, 2.75) is 24.9 Å². The van der Waals surface area contributed by atoms with Crippen molar-refractivity contribution in [3.05, 3.63) is 16.6 Å². The number of aromatic nitrogens is 1. The maximum atomic E-state index is 12.8. The summed E-state index contributed by atoms with van der Waals surface area (Å²) in [6.07, 6.45) is 1.20. The predicted octanol–water partition coefficient (Wildman–Crippen LogP) is 1.60. The summed E-state index contributed by atoms with van der Waals surface area (Å²) in [5, 5.41) is 7.63. The van der Waals surface area contributed by atoms with Gasteiger partial charge in [-0.1, -0.05) is 0 Å². The molecule has 2 heterocycles. The molecule has 0 aliphatic carbocycles. The molecule has 1 fully saturated rings. The molecule has 1 aliphatic heterocycles. The van der Waals surface area contributed by atoms with Crippen LogP contribution in [-0.4, -0.2) is 29.4 Å². The van der Waals surface area contributed by atoms with E-state index < -0.39 is 30.8 Å². The molecule has 2 rings (SSSR count). The molecular weight excluding hydrogens is 307 g/mol. The lowest BCUT2D eigenvalue weighted by molar-refractivity contribution is -0.123. The summed E-state index contributed by atoms with van der Waals surface area (Å²) >= 11 is 1.41. The van der Waals surface area contributed by atoms with Crippen LogP contribution in [0.3, 0.4) is 0 Å². The summed E-state index contributed by atoms with van der Waals surface area (Å²) < 4.78 is 25.6. The number of nitrogens with zero attached hydrogens (tertiary/aromatic N) is 1. The number of alkyl halides is 2. The Hall–Kier alpha value is -0.500. The fourth-order valence-corrected chi connectivity index (χ4v) is 2.08. The molecule has 104 valence electrons. The second kappa shape index (κ2) is 7.18. The number of carbonyl (C=O) groups excluding carboxylic acids is 1. The molecule has 1 aromatic heterocycles. The van der Waals surface area contributed by atoms with Crippen LogP contribution in [0, 0.1) is 0 Å². The Bertz CT molecular complexity index is 378. The van der Waals surface area contributed by atoms with Gasteiger partial charge >= 0.3 is 0 Å². The molecule has 0 radical (unpaired) electrons. The Morgan fingerprint density at radius 2 is 2.33 bits per heavy atom. The number of nitrogens with one attached hydrogen (secondary N) is 2. The van der Waals surface area contributed by atoms with Crippen molar-refractivity contribution in [2.75, 3.05) is 6.54 Å². The second-order valence-electron chi connectivity index (χ2n) is 3.64. The van der Waals surface area contributed by atoms with E-state index in [1.54, 1.807) is 11.6 Å². The molecule has 4 nitrogen and oxygen atoms in total. The van der Waals surface area contributed by atoms with Gasteiger partial charge < -0.3 is 5.32 Å². The summed E-state index contributed by atoms with van der Waals surface area (Å²) in [4.78, 5) is 15.5. The number of amides is 1. The average Bonchev–Trinajstić information content (AvgIpc) is 2.83. The van der Waals surface area contributed by atoms with Gasteiger partial charge in [-0.25, -0.2) is 13.8 Å². The van der Waals surface area contributed by atoms with Gasteiger partial charge in [-0.3, -0.25) is 10.1 Å². The van der Waals surface area contributed by atoms with E-state index in [1.165, 1.54) is 11.3 Å². The SMILES string of the molecule is Cl.Cl.O=C(NCc1nccs1)C1CC(F)(F)CN1. The molecule has 0 spiro atoms. The van der Waals surface area contributed by atoms with Crippen LogP contribution >= 0.6 is 36.2 Å². The van der Waals surface area contributed by atoms with Crippen LogP contribution in [0.4, 0.5) is 8.78 Å². The smallest absolute Gasteiger partial charge is 0.262 e. The molecule has 9 heteroatoms. The molecule has 1 aliphatic rings. The topological polar surface area (TPSA) is 54.0 Å². The molecule has 2 N–H and O–H groups in total. The van der Waals surface area contributed by atoms with E-state index in [4.69, 9.17) is 0 Å². The fraction of sp³-hybridized carbons (Fsp3) is 0.556. The fourth-order valence-electron chi connectivity index (χ4n) is 1.53. The summed E-state index contributed by atoms with van der Waals surface area (Å²) in [6, 6.07) is -0.796. The van der Waals surface area contributed by atoms with Crippen molar-refractivity contribution in [2.24, 2.45) is 0 Å². The van der Waals surface area contributed by atoms with Gasteiger partial charge in [-0.05, 0) is 0 Å². The summed E-state index contributed by atoms with van der Waals surface area (Å²) in [6.45, 7) is -0.136. The highest BCUT2D eigenvalue weighted by Gasteiger charge is 2.42. The van der Waals surface area contributed by atoms with Gasteiger partial charge in [0.15, 0.2) is 0 Å². The zero-order valence-corrected chi connectivity index (χ0v) is 11.6. The van der Waals surface area contributed by atoms with E-state index in [0.717, 1.165) is 5.01 Å². The number of thiazole rings is 1. The van der Waals surface area contributed by atoms with E-state index in [1.807, 2.05) is 0 Å². The molecule has 0 aromatic carbocycles. The Morgan fingerprint density at radius 3 is 2.83 bits per heavy atom. The summed E-state index contributed by atoms with van der Waals surface area (Å²) in [7, 11) is 0. The first-order valence-corrected chi connectivity index (χ1v) is 5.72. The number of hydrogen-bond donors (Lipinski definition) is 2. The van der Waals surface area contributed by atoms with Crippen LogP contribution in [0.5, 0.6) is 0 Å². The Kier molecular flexibility index (Phi) is 6.98. The highest BCUT2D eigenvalue weighted by atomic mass is 35.5. The van der Waals surface area contributed by atoms with Gasteiger partial charge in [0.25, 0.3) is 5.92 Å². The van der Waals surface area contributed by atoms with Gasteiger partial charge in [0.2, 0.25) is 5.91 Å². The van der Waals surface area contributed by atoms with E-state index in [9.17, 15) is 13.6 Å². The van der Waals surface area contributed by atoms with Crippen molar-refractivity contribution in [1.82, 2.24) is 15.6 Å². The number of halogens is 4. The molecule has 1 aromatic rings. The lowest BCUT2D eigenvalue weighted by Gasteiger charge is -2.09. The van der Waals surface area contributed by atoms with Crippen molar-refractivity contribution in [3.63, 3.8) is 0 Å².